The SMILES string of the molecule is CNCn1c(Cl)nc2ccc(Cl)cc2c1=O. The van der Waals surface area contributed by atoms with Crippen molar-refractivity contribution in [1.82, 2.24) is 14.9 Å². The van der Waals surface area contributed by atoms with Gasteiger partial charge in [-0.05, 0) is 36.8 Å². The van der Waals surface area contributed by atoms with E-state index in [2.05, 4.69) is 10.3 Å². The smallest absolute Gasteiger partial charge is 0.263 e. The van der Waals surface area contributed by atoms with E-state index >= 15 is 0 Å². The Morgan fingerprint density at radius 3 is 2.88 bits per heavy atom. The molecular weight excluding hydrogens is 249 g/mol. The van der Waals surface area contributed by atoms with Crippen LogP contribution in [0.15, 0.2) is 23.0 Å². The fraction of sp³-hybridized carbons (Fsp3) is 0.200. The molecule has 0 unspecified atom stereocenters. The summed E-state index contributed by atoms with van der Waals surface area (Å²) in [4.78, 5) is 16.2. The largest absolute Gasteiger partial charge is 0.302 e. The van der Waals surface area contributed by atoms with Gasteiger partial charge in [0.2, 0.25) is 5.28 Å². The van der Waals surface area contributed by atoms with Crippen molar-refractivity contribution in [3.05, 3.63) is 38.9 Å². The standard InChI is InChI=1S/C10H9Cl2N3O/c1-13-5-15-9(16)7-4-6(11)2-3-8(7)14-10(15)12/h2-4,13H,5H2,1H3. The molecule has 6 heteroatoms. The molecule has 0 amide bonds. The molecule has 0 atom stereocenters. The molecule has 0 fully saturated rings. The van der Waals surface area contributed by atoms with E-state index in [0.29, 0.717) is 22.6 Å². The molecule has 0 bridgehead atoms. The summed E-state index contributed by atoms with van der Waals surface area (Å²) < 4.78 is 1.35. The highest BCUT2D eigenvalue weighted by Crippen LogP contribution is 2.16. The highest BCUT2D eigenvalue weighted by molar-refractivity contribution is 6.31. The Labute approximate surface area is 102 Å². The Kier molecular flexibility index (Phi) is 3.14. The zero-order valence-corrected chi connectivity index (χ0v) is 10.0. The second kappa shape index (κ2) is 4.41. The number of aromatic nitrogens is 2. The van der Waals surface area contributed by atoms with Gasteiger partial charge >= 0.3 is 0 Å². The van der Waals surface area contributed by atoms with Crippen LogP contribution < -0.4 is 10.9 Å². The Morgan fingerprint density at radius 2 is 2.19 bits per heavy atom. The van der Waals surface area contributed by atoms with Gasteiger partial charge in [0.25, 0.3) is 5.56 Å². The number of nitrogens with one attached hydrogen (secondary N) is 1. The van der Waals surface area contributed by atoms with E-state index in [1.54, 1.807) is 25.2 Å². The van der Waals surface area contributed by atoms with E-state index in [1.807, 2.05) is 0 Å². The van der Waals surface area contributed by atoms with Crippen LogP contribution >= 0.6 is 23.2 Å². The highest BCUT2D eigenvalue weighted by atomic mass is 35.5. The van der Waals surface area contributed by atoms with E-state index < -0.39 is 0 Å². The molecule has 1 N–H and O–H groups in total. The molecule has 1 aromatic carbocycles. The maximum atomic E-state index is 12.0. The van der Waals surface area contributed by atoms with Crippen molar-refractivity contribution >= 4 is 34.1 Å². The van der Waals surface area contributed by atoms with Crippen molar-refractivity contribution in [3.63, 3.8) is 0 Å². The minimum absolute atomic E-state index is 0.161. The molecule has 0 aliphatic carbocycles. The average Bonchev–Trinajstić information content (AvgIpc) is 2.26. The first-order valence-corrected chi connectivity index (χ1v) is 5.39. The Hall–Kier alpha value is -1.10. The molecule has 1 aromatic heterocycles. The number of hydrogen-bond acceptors (Lipinski definition) is 3. The lowest BCUT2D eigenvalue weighted by Crippen LogP contribution is -2.27. The fourth-order valence-electron chi connectivity index (χ4n) is 1.46. The molecule has 1 heterocycles. The zero-order valence-electron chi connectivity index (χ0n) is 8.50. The van der Waals surface area contributed by atoms with Crippen LogP contribution in [-0.4, -0.2) is 16.6 Å². The number of benzene rings is 1. The van der Waals surface area contributed by atoms with Crippen molar-refractivity contribution < 1.29 is 0 Å². The maximum Gasteiger partial charge on any atom is 0.263 e. The summed E-state index contributed by atoms with van der Waals surface area (Å²) in [5, 5.41) is 3.98. The highest BCUT2D eigenvalue weighted by Gasteiger charge is 2.08. The van der Waals surface area contributed by atoms with E-state index in [9.17, 15) is 4.79 Å². The van der Waals surface area contributed by atoms with Crippen molar-refractivity contribution in [2.75, 3.05) is 7.05 Å². The number of hydrogen-bond donors (Lipinski definition) is 1. The minimum atomic E-state index is -0.202. The van der Waals surface area contributed by atoms with Gasteiger partial charge in [-0.25, -0.2) is 4.98 Å². The first kappa shape index (κ1) is 11.4. The lowest BCUT2D eigenvalue weighted by Gasteiger charge is -2.08. The zero-order chi connectivity index (χ0) is 11.7. The summed E-state index contributed by atoms with van der Waals surface area (Å²) in [6.45, 7) is 0.313. The van der Waals surface area contributed by atoms with E-state index in [-0.39, 0.29) is 10.8 Å². The van der Waals surface area contributed by atoms with E-state index in [0.717, 1.165) is 0 Å². The van der Waals surface area contributed by atoms with Gasteiger partial charge in [0.1, 0.15) is 0 Å². The van der Waals surface area contributed by atoms with Crippen LogP contribution in [0.25, 0.3) is 10.9 Å². The molecule has 2 aromatic rings. The molecule has 0 aliphatic rings. The Bertz CT molecular complexity index is 594. The Morgan fingerprint density at radius 1 is 1.44 bits per heavy atom. The fourth-order valence-corrected chi connectivity index (χ4v) is 1.86. The molecule has 84 valence electrons. The van der Waals surface area contributed by atoms with Crippen molar-refractivity contribution in [2.24, 2.45) is 0 Å². The van der Waals surface area contributed by atoms with Gasteiger partial charge in [-0.15, -0.1) is 0 Å². The molecule has 0 aliphatic heterocycles. The maximum absolute atomic E-state index is 12.0. The summed E-state index contributed by atoms with van der Waals surface area (Å²) in [6.07, 6.45) is 0. The van der Waals surface area contributed by atoms with Crippen molar-refractivity contribution in [2.45, 2.75) is 6.67 Å². The number of halogens is 2. The van der Waals surface area contributed by atoms with Crippen molar-refractivity contribution in [3.8, 4) is 0 Å². The average molecular weight is 258 g/mol. The topological polar surface area (TPSA) is 46.9 Å². The van der Waals surface area contributed by atoms with Crippen LogP contribution in [0, 0.1) is 0 Å². The quantitative estimate of drug-likeness (QED) is 0.836. The first-order chi connectivity index (χ1) is 7.63. The monoisotopic (exact) mass is 257 g/mol. The number of rotatable bonds is 2. The summed E-state index contributed by atoms with van der Waals surface area (Å²) in [6, 6.07) is 4.94. The number of fused-ring (bicyclic) bond motifs is 1. The molecule has 0 saturated heterocycles. The molecule has 0 spiro atoms. The van der Waals surface area contributed by atoms with Gasteiger partial charge in [0.15, 0.2) is 0 Å². The third kappa shape index (κ3) is 1.91. The lowest BCUT2D eigenvalue weighted by molar-refractivity contribution is 0.594. The van der Waals surface area contributed by atoms with Gasteiger partial charge < -0.3 is 5.32 Å². The normalized spacial score (nSPS) is 10.9. The third-order valence-electron chi connectivity index (χ3n) is 2.19. The van der Waals surface area contributed by atoms with E-state index in [1.165, 1.54) is 4.57 Å². The van der Waals surface area contributed by atoms with Gasteiger partial charge in [0.05, 0.1) is 17.6 Å². The molecule has 16 heavy (non-hydrogen) atoms. The first-order valence-electron chi connectivity index (χ1n) is 4.63. The second-order valence-electron chi connectivity index (χ2n) is 3.29. The summed E-state index contributed by atoms with van der Waals surface area (Å²) in [7, 11) is 1.73. The van der Waals surface area contributed by atoms with Crippen LogP contribution in [0.2, 0.25) is 10.3 Å². The van der Waals surface area contributed by atoms with Crippen molar-refractivity contribution in [1.29, 1.82) is 0 Å². The Balaban J connectivity index is 2.80. The van der Waals surface area contributed by atoms with Crippen LogP contribution in [0.4, 0.5) is 0 Å². The van der Waals surface area contributed by atoms with Gasteiger partial charge in [-0.2, -0.15) is 0 Å². The second-order valence-corrected chi connectivity index (χ2v) is 4.06. The molecule has 0 radical (unpaired) electrons. The van der Waals surface area contributed by atoms with Crippen LogP contribution in [-0.2, 0) is 6.67 Å². The van der Waals surface area contributed by atoms with Gasteiger partial charge in [0, 0.05) is 5.02 Å². The van der Waals surface area contributed by atoms with Crippen LogP contribution in [0.5, 0.6) is 0 Å². The number of nitrogens with zero attached hydrogens (tertiary/aromatic N) is 2. The minimum Gasteiger partial charge on any atom is -0.302 e. The summed E-state index contributed by atoms with van der Waals surface area (Å²) in [5.74, 6) is 0. The van der Waals surface area contributed by atoms with Crippen LogP contribution in [0.1, 0.15) is 0 Å². The third-order valence-corrected chi connectivity index (χ3v) is 2.71. The molecule has 0 saturated carbocycles. The lowest BCUT2D eigenvalue weighted by atomic mass is 10.2. The predicted molar refractivity (Wildman–Crippen MR) is 65.1 cm³/mol. The summed E-state index contributed by atoms with van der Waals surface area (Å²) in [5.41, 5.74) is 0.346. The van der Waals surface area contributed by atoms with Crippen LogP contribution in [0.3, 0.4) is 0 Å². The molecule has 2 rings (SSSR count). The summed E-state index contributed by atoms with van der Waals surface area (Å²) >= 11 is 11.7. The molecule has 4 nitrogen and oxygen atoms in total. The van der Waals surface area contributed by atoms with Gasteiger partial charge in [-0.1, -0.05) is 11.6 Å². The molecular formula is C10H9Cl2N3O. The van der Waals surface area contributed by atoms with Gasteiger partial charge in [-0.3, -0.25) is 9.36 Å². The predicted octanol–water partition coefficient (Wildman–Crippen LogP) is 1.88. The van der Waals surface area contributed by atoms with E-state index in [4.69, 9.17) is 23.2 Å².